The molecular weight excluding hydrogens is 407 g/mol. The zero-order valence-corrected chi connectivity index (χ0v) is 17.0. The van der Waals surface area contributed by atoms with Crippen LogP contribution in [0.3, 0.4) is 0 Å². The number of urea groups is 1. The summed E-state index contributed by atoms with van der Waals surface area (Å²) in [6.45, 7) is 1.24. The lowest BCUT2D eigenvalue weighted by molar-refractivity contribution is -0.184. The number of carbonyl (C=O) groups is 1. The third kappa shape index (κ3) is 3.70. The zero-order chi connectivity index (χ0) is 21.6. The number of halogens is 3. The van der Waals surface area contributed by atoms with Crippen molar-refractivity contribution in [3.63, 3.8) is 0 Å². The molecule has 0 bridgehead atoms. The number of hydrogen-bond acceptors (Lipinski definition) is 3. The summed E-state index contributed by atoms with van der Waals surface area (Å²) in [5, 5.41) is 2.12. The zero-order valence-electron chi connectivity index (χ0n) is 17.0. The Hall–Kier alpha value is -2.84. The molecule has 0 aliphatic carbocycles. The van der Waals surface area contributed by atoms with Crippen molar-refractivity contribution in [3.05, 3.63) is 36.3 Å². The number of carbonyl (C=O) groups excluding carboxylic acids is 1. The molecule has 2 fully saturated rings. The third-order valence-electron chi connectivity index (χ3n) is 6.67. The summed E-state index contributed by atoms with van der Waals surface area (Å²) in [5.74, 6) is -1.17. The SMILES string of the molecule is O=C(N1CCC(c2cnc3ncc4[nH]cccc4c23)CC1)N1CCCC(C(F)(F)F)C1. The second-order valence-electron chi connectivity index (χ2n) is 8.54. The average Bonchev–Trinajstić information content (AvgIpc) is 3.23. The molecule has 2 saturated heterocycles. The van der Waals surface area contributed by atoms with Gasteiger partial charge >= 0.3 is 12.2 Å². The number of pyridine rings is 2. The number of alkyl halides is 3. The molecule has 5 heterocycles. The van der Waals surface area contributed by atoms with Crippen LogP contribution in [0.15, 0.2) is 30.7 Å². The minimum absolute atomic E-state index is 0.103. The van der Waals surface area contributed by atoms with E-state index in [4.69, 9.17) is 0 Å². The number of hydrogen-bond donors (Lipinski definition) is 1. The third-order valence-corrected chi connectivity index (χ3v) is 6.67. The maximum Gasteiger partial charge on any atom is 0.393 e. The van der Waals surface area contributed by atoms with Crippen LogP contribution < -0.4 is 0 Å². The largest absolute Gasteiger partial charge is 0.393 e. The van der Waals surface area contributed by atoms with E-state index in [1.165, 1.54) is 4.90 Å². The number of aromatic nitrogens is 3. The van der Waals surface area contributed by atoms with E-state index in [0.29, 0.717) is 31.7 Å². The molecule has 1 N–H and O–H groups in total. The standard InChI is InChI=1S/C22H24F3N5O/c23-22(24,25)15-3-2-8-30(13-15)21(31)29-9-5-14(6-10-29)17-11-27-20-19(17)16-4-1-7-26-18(16)12-28-20/h1,4,7,11-12,14-15,26H,2-3,5-6,8-10,13H2. The molecule has 31 heavy (non-hydrogen) atoms. The van der Waals surface area contributed by atoms with Crippen molar-refractivity contribution < 1.29 is 18.0 Å². The second-order valence-corrected chi connectivity index (χ2v) is 8.54. The number of piperidine rings is 2. The van der Waals surface area contributed by atoms with E-state index in [2.05, 4.69) is 15.0 Å². The van der Waals surface area contributed by atoms with Gasteiger partial charge in [0.05, 0.1) is 17.6 Å². The minimum Gasteiger partial charge on any atom is -0.360 e. The average molecular weight is 431 g/mol. The maximum absolute atomic E-state index is 13.1. The summed E-state index contributed by atoms with van der Waals surface area (Å²) in [7, 11) is 0. The van der Waals surface area contributed by atoms with Crippen molar-refractivity contribution in [2.45, 2.75) is 37.8 Å². The highest BCUT2D eigenvalue weighted by atomic mass is 19.4. The molecule has 2 amide bonds. The fraction of sp³-hybridized carbons (Fsp3) is 0.500. The van der Waals surface area contributed by atoms with E-state index < -0.39 is 12.1 Å². The molecule has 0 aromatic carbocycles. The van der Waals surface area contributed by atoms with Gasteiger partial charge in [0.2, 0.25) is 0 Å². The Kier molecular flexibility index (Phi) is 4.98. The van der Waals surface area contributed by atoms with Crippen LogP contribution in [0.4, 0.5) is 18.0 Å². The first-order chi connectivity index (χ1) is 14.9. The molecule has 2 aliphatic heterocycles. The topological polar surface area (TPSA) is 65.1 Å². The summed E-state index contributed by atoms with van der Waals surface area (Å²) >= 11 is 0. The van der Waals surface area contributed by atoms with Crippen molar-refractivity contribution in [3.8, 4) is 0 Å². The van der Waals surface area contributed by atoms with Crippen LogP contribution in [0.1, 0.15) is 37.2 Å². The predicted molar refractivity (Wildman–Crippen MR) is 111 cm³/mol. The lowest BCUT2D eigenvalue weighted by Gasteiger charge is -2.39. The number of nitrogens with one attached hydrogen (secondary N) is 1. The van der Waals surface area contributed by atoms with Gasteiger partial charge in [-0.05, 0) is 43.2 Å². The molecule has 0 saturated carbocycles. The number of amides is 2. The predicted octanol–water partition coefficient (Wildman–Crippen LogP) is 4.68. The monoisotopic (exact) mass is 431 g/mol. The summed E-state index contributed by atoms with van der Waals surface area (Å²) in [4.78, 5) is 28.1. The fourth-order valence-electron chi connectivity index (χ4n) is 4.97. The molecular formula is C22H24F3N5O. The Morgan fingerprint density at radius 1 is 1.06 bits per heavy atom. The molecule has 2 aliphatic rings. The highest BCUT2D eigenvalue weighted by Gasteiger charge is 2.43. The minimum atomic E-state index is -4.24. The first-order valence-corrected chi connectivity index (χ1v) is 10.7. The fourth-order valence-corrected chi connectivity index (χ4v) is 4.97. The van der Waals surface area contributed by atoms with Gasteiger partial charge in [-0.3, -0.25) is 0 Å². The van der Waals surface area contributed by atoms with Gasteiger partial charge in [0.25, 0.3) is 0 Å². The van der Waals surface area contributed by atoms with Gasteiger partial charge in [0.15, 0.2) is 5.65 Å². The van der Waals surface area contributed by atoms with Crippen molar-refractivity contribution in [2.75, 3.05) is 26.2 Å². The molecule has 1 atom stereocenters. The van der Waals surface area contributed by atoms with Crippen LogP contribution in [-0.4, -0.2) is 63.1 Å². The number of rotatable bonds is 1. The summed E-state index contributed by atoms with van der Waals surface area (Å²) in [6.07, 6.45) is 3.30. The van der Waals surface area contributed by atoms with Crippen molar-refractivity contribution >= 4 is 28.0 Å². The number of fused-ring (bicyclic) bond motifs is 3. The van der Waals surface area contributed by atoms with Gasteiger partial charge in [0.1, 0.15) is 0 Å². The van der Waals surface area contributed by atoms with Crippen LogP contribution >= 0.6 is 0 Å². The first kappa shape index (κ1) is 20.1. The first-order valence-electron chi connectivity index (χ1n) is 10.7. The summed E-state index contributed by atoms with van der Waals surface area (Å²) in [5.41, 5.74) is 2.79. The van der Waals surface area contributed by atoms with Crippen molar-refractivity contribution in [1.29, 1.82) is 0 Å². The lowest BCUT2D eigenvalue weighted by Crippen LogP contribution is -2.51. The van der Waals surface area contributed by atoms with Crippen LogP contribution in [-0.2, 0) is 0 Å². The second kappa shape index (κ2) is 7.69. The maximum atomic E-state index is 13.1. The number of likely N-dealkylation sites (tertiary alicyclic amines) is 2. The molecule has 1 unspecified atom stereocenters. The highest BCUT2D eigenvalue weighted by Crippen LogP contribution is 2.37. The molecule has 0 radical (unpaired) electrons. The van der Waals surface area contributed by atoms with E-state index in [-0.39, 0.29) is 24.9 Å². The normalized spacial score (nSPS) is 21.2. The van der Waals surface area contributed by atoms with Crippen LogP contribution in [0, 0.1) is 5.92 Å². The van der Waals surface area contributed by atoms with E-state index in [1.54, 1.807) is 11.1 Å². The Balaban J connectivity index is 1.30. The molecule has 164 valence electrons. The van der Waals surface area contributed by atoms with Crippen molar-refractivity contribution in [1.82, 2.24) is 24.8 Å². The Bertz CT molecular complexity index is 1100. The quantitative estimate of drug-likeness (QED) is 0.608. The smallest absolute Gasteiger partial charge is 0.360 e. The van der Waals surface area contributed by atoms with Crippen LogP contribution in [0.25, 0.3) is 21.9 Å². The molecule has 0 spiro atoms. The number of aromatic amines is 1. The summed E-state index contributed by atoms with van der Waals surface area (Å²) < 4.78 is 39.3. The van der Waals surface area contributed by atoms with E-state index in [9.17, 15) is 18.0 Å². The van der Waals surface area contributed by atoms with Gasteiger partial charge in [-0.25, -0.2) is 14.8 Å². The number of H-pyrrole nitrogens is 1. The number of nitrogens with zero attached hydrogens (tertiary/aromatic N) is 4. The Labute approximate surface area is 177 Å². The Morgan fingerprint density at radius 2 is 1.84 bits per heavy atom. The van der Waals surface area contributed by atoms with E-state index >= 15 is 0 Å². The van der Waals surface area contributed by atoms with E-state index in [1.807, 2.05) is 24.5 Å². The van der Waals surface area contributed by atoms with Crippen molar-refractivity contribution in [2.24, 2.45) is 5.92 Å². The molecule has 9 heteroatoms. The lowest BCUT2D eigenvalue weighted by atomic mass is 9.88. The molecule has 3 aromatic rings. The van der Waals surface area contributed by atoms with Gasteiger partial charge in [-0.2, -0.15) is 13.2 Å². The molecule has 3 aromatic heterocycles. The summed E-state index contributed by atoms with van der Waals surface area (Å²) in [6, 6.07) is 3.74. The van der Waals surface area contributed by atoms with Crippen LogP contribution in [0.2, 0.25) is 0 Å². The van der Waals surface area contributed by atoms with E-state index in [0.717, 1.165) is 34.7 Å². The van der Waals surface area contributed by atoms with Gasteiger partial charge in [0, 0.05) is 49.3 Å². The molecule has 5 rings (SSSR count). The Morgan fingerprint density at radius 3 is 2.61 bits per heavy atom. The van der Waals surface area contributed by atoms with Gasteiger partial charge in [-0.1, -0.05) is 6.07 Å². The van der Waals surface area contributed by atoms with Crippen LogP contribution in [0.5, 0.6) is 0 Å². The van der Waals surface area contributed by atoms with Gasteiger partial charge < -0.3 is 14.8 Å². The highest BCUT2D eigenvalue weighted by molar-refractivity contribution is 6.05. The van der Waals surface area contributed by atoms with Gasteiger partial charge in [-0.15, -0.1) is 0 Å². The molecule has 6 nitrogen and oxygen atoms in total.